The Morgan fingerprint density at radius 2 is 2.05 bits per heavy atom. The summed E-state index contributed by atoms with van der Waals surface area (Å²) in [6, 6.07) is 8.52. The van der Waals surface area contributed by atoms with Gasteiger partial charge in [0, 0.05) is 6.04 Å². The van der Waals surface area contributed by atoms with Crippen LogP contribution >= 0.6 is 0 Å². The number of para-hydroxylation sites is 1. The molecule has 0 bridgehead atoms. The summed E-state index contributed by atoms with van der Waals surface area (Å²) in [6.45, 7) is 4.63. The van der Waals surface area contributed by atoms with Gasteiger partial charge in [-0.25, -0.2) is 4.99 Å². The molecule has 4 heteroatoms. The third-order valence-corrected chi connectivity index (χ3v) is 3.90. The summed E-state index contributed by atoms with van der Waals surface area (Å²) in [7, 11) is 0. The highest BCUT2D eigenvalue weighted by Gasteiger charge is 2.13. The Morgan fingerprint density at radius 1 is 1.33 bits per heavy atom. The Bertz CT molecular complexity index is 467. The lowest BCUT2D eigenvalue weighted by Gasteiger charge is -2.23. The summed E-state index contributed by atoms with van der Waals surface area (Å²) < 4.78 is 5.90. The van der Waals surface area contributed by atoms with Gasteiger partial charge in [0.2, 0.25) is 0 Å². The van der Waals surface area contributed by atoms with Crippen LogP contribution in [0.4, 0.5) is 0 Å². The number of nitrogens with zero attached hydrogens (tertiary/aromatic N) is 1. The van der Waals surface area contributed by atoms with Gasteiger partial charge in [-0.05, 0) is 38.3 Å². The van der Waals surface area contributed by atoms with Crippen molar-refractivity contribution in [3.05, 3.63) is 29.8 Å². The number of nitrogens with one attached hydrogen (secondary N) is 1. The molecule has 0 amide bonds. The fourth-order valence-corrected chi connectivity index (χ4v) is 2.67. The Balaban J connectivity index is 1.78. The van der Waals surface area contributed by atoms with Gasteiger partial charge in [0.15, 0.2) is 5.96 Å². The number of ether oxygens (including phenoxy) is 1. The van der Waals surface area contributed by atoms with Crippen LogP contribution < -0.4 is 15.8 Å². The van der Waals surface area contributed by atoms with Gasteiger partial charge in [-0.15, -0.1) is 0 Å². The van der Waals surface area contributed by atoms with Crippen LogP contribution in [0.25, 0.3) is 0 Å². The maximum atomic E-state index is 5.96. The standard InChI is InChI=1S/C17H27N3O/c1-13-8-6-7-11-16(13)21-14(2)12-19-17(18)20-15-9-4-3-5-10-15/h6-8,11,14-15H,3-5,9-10,12H2,1-2H3,(H3,18,19,20). The molecular formula is C17H27N3O. The normalized spacial score (nSPS) is 18.3. The molecule has 1 aromatic carbocycles. The first kappa shape index (κ1) is 15.7. The molecule has 0 aromatic heterocycles. The largest absolute Gasteiger partial charge is 0.489 e. The molecule has 0 saturated heterocycles. The highest BCUT2D eigenvalue weighted by Crippen LogP contribution is 2.18. The summed E-state index contributed by atoms with van der Waals surface area (Å²) in [4.78, 5) is 4.40. The van der Waals surface area contributed by atoms with E-state index >= 15 is 0 Å². The molecule has 1 saturated carbocycles. The molecule has 3 N–H and O–H groups in total. The van der Waals surface area contributed by atoms with Crippen LogP contribution in [0.2, 0.25) is 0 Å². The van der Waals surface area contributed by atoms with Crippen molar-refractivity contribution in [1.29, 1.82) is 0 Å². The molecule has 2 rings (SSSR count). The minimum absolute atomic E-state index is 0.0119. The average molecular weight is 289 g/mol. The maximum absolute atomic E-state index is 5.96. The van der Waals surface area contributed by atoms with Crippen molar-refractivity contribution >= 4 is 5.96 Å². The summed E-state index contributed by atoms with van der Waals surface area (Å²) >= 11 is 0. The predicted octanol–water partition coefficient (Wildman–Crippen LogP) is 3.00. The topological polar surface area (TPSA) is 59.6 Å². The third-order valence-electron chi connectivity index (χ3n) is 3.90. The number of rotatable bonds is 5. The number of nitrogens with two attached hydrogens (primary N) is 1. The highest BCUT2D eigenvalue weighted by atomic mass is 16.5. The molecule has 1 atom stereocenters. The van der Waals surface area contributed by atoms with Crippen molar-refractivity contribution in [2.24, 2.45) is 10.7 Å². The van der Waals surface area contributed by atoms with Gasteiger partial charge < -0.3 is 15.8 Å². The SMILES string of the molecule is Cc1ccccc1OC(C)CN=C(N)NC1CCCCC1. The molecule has 0 radical (unpaired) electrons. The smallest absolute Gasteiger partial charge is 0.188 e. The van der Waals surface area contributed by atoms with Gasteiger partial charge >= 0.3 is 0 Å². The second-order valence-corrected chi connectivity index (χ2v) is 5.90. The molecule has 1 unspecified atom stereocenters. The summed E-state index contributed by atoms with van der Waals surface area (Å²) in [5, 5.41) is 3.32. The van der Waals surface area contributed by atoms with Crippen LogP contribution in [0, 0.1) is 6.92 Å². The summed E-state index contributed by atoms with van der Waals surface area (Å²) in [5.74, 6) is 1.46. The quantitative estimate of drug-likeness (QED) is 0.647. The first-order chi connectivity index (χ1) is 10.1. The molecule has 1 aliphatic rings. The number of guanidine groups is 1. The van der Waals surface area contributed by atoms with Crippen molar-refractivity contribution in [2.75, 3.05) is 6.54 Å². The minimum Gasteiger partial charge on any atom is -0.489 e. The fraction of sp³-hybridized carbons (Fsp3) is 0.588. The van der Waals surface area contributed by atoms with E-state index < -0.39 is 0 Å². The van der Waals surface area contributed by atoms with Gasteiger partial charge in [-0.2, -0.15) is 0 Å². The third kappa shape index (κ3) is 5.29. The Kier molecular flexibility index (Phi) is 5.90. The Hall–Kier alpha value is -1.71. The number of aryl methyl sites for hydroxylation is 1. The van der Waals surface area contributed by atoms with E-state index in [-0.39, 0.29) is 6.10 Å². The Labute approximate surface area is 127 Å². The lowest BCUT2D eigenvalue weighted by Crippen LogP contribution is -2.41. The van der Waals surface area contributed by atoms with Crippen LogP contribution in [-0.2, 0) is 0 Å². The molecule has 1 fully saturated rings. The second-order valence-electron chi connectivity index (χ2n) is 5.90. The van der Waals surface area contributed by atoms with Crippen LogP contribution in [0.3, 0.4) is 0 Å². The summed E-state index contributed by atoms with van der Waals surface area (Å²) in [5.41, 5.74) is 7.10. The zero-order valence-corrected chi connectivity index (χ0v) is 13.1. The van der Waals surface area contributed by atoms with Gasteiger partial charge in [-0.1, -0.05) is 37.5 Å². The van der Waals surface area contributed by atoms with Crippen molar-refractivity contribution < 1.29 is 4.74 Å². The van der Waals surface area contributed by atoms with E-state index in [1.807, 2.05) is 38.1 Å². The van der Waals surface area contributed by atoms with E-state index in [1.54, 1.807) is 0 Å². The van der Waals surface area contributed by atoms with Crippen LogP contribution in [0.5, 0.6) is 5.75 Å². The maximum Gasteiger partial charge on any atom is 0.188 e. The molecule has 116 valence electrons. The zero-order valence-electron chi connectivity index (χ0n) is 13.1. The van der Waals surface area contributed by atoms with Crippen LogP contribution in [-0.4, -0.2) is 24.7 Å². The van der Waals surface area contributed by atoms with E-state index in [9.17, 15) is 0 Å². The Morgan fingerprint density at radius 3 is 2.76 bits per heavy atom. The van der Waals surface area contributed by atoms with E-state index in [0.717, 1.165) is 11.3 Å². The number of benzene rings is 1. The van der Waals surface area contributed by atoms with E-state index in [4.69, 9.17) is 10.5 Å². The van der Waals surface area contributed by atoms with E-state index in [2.05, 4.69) is 10.3 Å². The number of aliphatic imine (C=N–C) groups is 1. The van der Waals surface area contributed by atoms with Crippen LogP contribution in [0.15, 0.2) is 29.3 Å². The highest BCUT2D eigenvalue weighted by molar-refractivity contribution is 5.78. The van der Waals surface area contributed by atoms with Gasteiger partial charge in [0.05, 0.1) is 6.54 Å². The lowest BCUT2D eigenvalue weighted by atomic mass is 9.96. The second kappa shape index (κ2) is 7.91. The molecule has 0 aliphatic heterocycles. The first-order valence-electron chi connectivity index (χ1n) is 7.94. The number of hydrogen-bond acceptors (Lipinski definition) is 2. The minimum atomic E-state index is 0.0119. The van der Waals surface area contributed by atoms with Gasteiger partial charge in [-0.3, -0.25) is 0 Å². The molecule has 1 aromatic rings. The molecule has 1 aliphatic carbocycles. The first-order valence-corrected chi connectivity index (χ1v) is 7.94. The molecule has 21 heavy (non-hydrogen) atoms. The van der Waals surface area contributed by atoms with E-state index in [1.165, 1.54) is 32.1 Å². The average Bonchev–Trinajstić information content (AvgIpc) is 2.49. The lowest BCUT2D eigenvalue weighted by molar-refractivity contribution is 0.228. The van der Waals surface area contributed by atoms with Crippen molar-refractivity contribution in [2.45, 2.75) is 58.1 Å². The molecule has 0 heterocycles. The van der Waals surface area contributed by atoms with Crippen molar-refractivity contribution in [1.82, 2.24) is 5.32 Å². The monoisotopic (exact) mass is 289 g/mol. The predicted molar refractivity (Wildman–Crippen MR) is 87.8 cm³/mol. The molecular weight excluding hydrogens is 262 g/mol. The number of hydrogen-bond donors (Lipinski definition) is 2. The van der Waals surface area contributed by atoms with Crippen molar-refractivity contribution in [3.8, 4) is 5.75 Å². The zero-order chi connectivity index (χ0) is 15.1. The van der Waals surface area contributed by atoms with Gasteiger partial charge in [0.1, 0.15) is 11.9 Å². The van der Waals surface area contributed by atoms with Crippen molar-refractivity contribution in [3.63, 3.8) is 0 Å². The fourth-order valence-electron chi connectivity index (χ4n) is 2.67. The summed E-state index contributed by atoms with van der Waals surface area (Å²) in [6.07, 6.45) is 6.33. The van der Waals surface area contributed by atoms with E-state index in [0.29, 0.717) is 18.5 Å². The van der Waals surface area contributed by atoms with Crippen LogP contribution in [0.1, 0.15) is 44.6 Å². The molecule has 0 spiro atoms. The molecule has 4 nitrogen and oxygen atoms in total. The van der Waals surface area contributed by atoms with Gasteiger partial charge in [0.25, 0.3) is 0 Å².